The van der Waals surface area contributed by atoms with Crippen LogP contribution in [0.4, 0.5) is 0 Å². The molecule has 0 radical (unpaired) electrons. The van der Waals surface area contributed by atoms with Crippen LogP contribution in [0.2, 0.25) is 0 Å². The summed E-state index contributed by atoms with van der Waals surface area (Å²) in [5, 5.41) is 0. The van der Waals surface area contributed by atoms with Gasteiger partial charge in [-0.25, -0.2) is 0 Å². The summed E-state index contributed by atoms with van der Waals surface area (Å²) in [6.45, 7) is 18.6. The standard InChI is InChI=1S/C23H42N2/c1-19(24(8)17-15-22(2,3)4)21(20-13-11-10-12-14-20)25(9)18-16-23(5,6)7/h10-14,19,21H,15-18H2,1-9H3/t19-,21+/m0/s1. The van der Waals surface area contributed by atoms with Crippen LogP contribution in [0, 0.1) is 10.8 Å². The molecule has 2 atom stereocenters. The van der Waals surface area contributed by atoms with Crippen LogP contribution in [-0.2, 0) is 0 Å². The van der Waals surface area contributed by atoms with E-state index in [1.807, 2.05) is 0 Å². The Morgan fingerprint density at radius 2 is 1.20 bits per heavy atom. The van der Waals surface area contributed by atoms with E-state index in [4.69, 9.17) is 0 Å². The van der Waals surface area contributed by atoms with Gasteiger partial charge in [-0.05, 0) is 63.3 Å². The maximum Gasteiger partial charge on any atom is 0.0497 e. The molecule has 0 bridgehead atoms. The zero-order valence-electron chi connectivity index (χ0n) is 18.3. The van der Waals surface area contributed by atoms with Gasteiger partial charge in [-0.1, -0.05) is 71.9 Å². The van der Waals surface area contributed by atoms with E-state index in [-0.39, 0.29) is 0 Å². The van der Waals surface area contributed by atoms with E-state index >= 15 is 0 Å². The van der Waals surface area contributed by atoms with Crippen molar-refractivity contribution >= 4 is 0 Å². The summed E-state index contributed by atoms with van der Waals surface area (Å²) in [4.78, 5) is 5.09. The molecule has 1 aromatic carbocycles. The highest BCUT2D eigenvalue weighted by molar-refractivity contribution is 5.20. The first-order chi connectivity index (χ1) is 11.4. The highest BCUT2D eigenvalue weighted by atomic mass is 15.2. The molecule has 0 saturated carbocycles. The molecule has 0 saturated heterocycles. The van der Waals surface area contributed by atoms with Crippen molar-refractivity contribution in [1.82, 2.24) is 9.80 Å². The summed E-state index contributed by atoms with van der Waals surface area (Å²) < 4.78 is 0. The van der Waals surface area contributed by atoms with Gasteiger partial charge >= 0.3 is 0 Å². The lowest BCUT2D eigenvalue weighted by molar-refractivity contribution is 0.105. The summed E-state index contributed by atoms with van der Waals surface area (Å²) >= 11 is 0. The Bertz CT molecular complexity index is 481. The molecular weight excluding hydrogens is 304 g/mol. The summed E-state index contributed by atoms with van der Waals surface area (Å²) in [6, 6.07) is 11.9. The number of hydrogen-bond donors (Lipinski definition) is 0. The lowest BCUT2D eigenvalue weighted by Crippen LogP contribution is -2.43. The fourth-order valence-corrected chi connectivity index (χ4v) is 3.16. The van der Waals surface area contributed by atoms with Crippen LogP contribution in [0.15, 0.2) is 30.3 Å². The van der Waals surface area contributed by atoms with E-state index in [1.165, 1.54) is 18.4 Å². The summed E-state index contributed by atoms with van der Waals surface area (Å²) in [6.07, 6.45) is 2.44. The third-order valence-corrected chi connectivity index (χ3v) is 5.20. The SMILES string of the molecule is C[C@@H]([C@H](c1ccccc1)N(C)CCC(C)(C)C)N(C)CCC(C)(C)C. The number of rotatable bonds is 8. The maximum absolute atomic E-state index is 2.55. The quantitative estimate of drug-likeness (QED) is 0.582. The normalized spacial score (nSPS) is 15.6. The van der Waals surface area contributed by atoms with Gasteiger partial charge in [0, 0.05) is 12.1 Å². The number of hydrogen-bond acceptors (Lipinski definition) is 2. The Morgan fingerprint density at radius 3 is 1.64 bits per heavy atom. The summed E-state index contributed by atoms with van der Waals surface area (Å²) in [5.74, 6) is 0. The fraction of sp³-hybridized carbons (Fsp3) is 0.739. The minimum Gasteiger partial charge on any atom is -0.302 e. The second-order valence-corrected chi connectivity index (χ2v) is 10.2. The van der Waals surface area contributed by atoms with Gasteiger partial charge in [0.15, 0.2) is 0 Å². The molecular formula is C23H42N2. The minimum atomic E-state index is 0.372. The van der Waals surface area contributed by atoms with Crippen LogP contribution in [0.25, 0.3) is 0 Å². The van der Waals surface area contributed by atoms with Crippen molar-refractivity contribution in [2.45, 2.75) is 73.4 Å². The zero-order chi connectivity index (χ0) is 19.3. The van der Waals surface area contributed by atoms with Crippen molar-refractivity contribution in [2.24, 2.45) is 10.8 Å². The van der Waals surface area contributed by atoms with Gasteiger partial charge < -0.3 is 4.90 Å². The van der Waals surface area contributed by atoms with E-state index in [2.05, 4.69) is 103 Å². The molecule has 144 valence electrons. The van der Waals surface area contributed by atoms with E-state index in [0.717, 1.165) is 13.1 Å². The third-order valence-electron chi connectivity index (χ3n) is 5.20. The molecule has 0 heterocycles. The molecule has 0 N–H and O–H groups in total. The Balaban J connectivity index is 2.90. The van der Waals surface area contributed by atoms with Crippen LogP contribution in [0.1, 0.15) is 72.9 Å². The van der Waals surface area contributed by atoms with Crippen molar-refractivity contribution in [2.75, 3.05) is 27.2 Å². The Labute approximate surface area is 157 Å². The Morgan fingerprint density at radius 1 is 0.760 bits per heavy atom. The van der Waals surface area contributed by atoms with Gasteiger partial charge in [0.1, 0.15) is 0 Å². The molecule has 0 aliphatic heterocycles. The molecule has 0 spiro atoms. The minimum absolute atomic E-state index is 0.372. The van der Waals surface area contributed by atoms with Gasteiger partial charge in [-0.2, -0.15) is 0 Å². The summed E-state index contributed by atoms with van der Waals surface area (Å²) in [7, 11) is 4.57. The van der Waals surface area contributed by atoms with Gasteiger partial charge in [0.25, 0.3) is 0 Å². The van der Waals surface area contributed by atoms with E-state index in [0.29, 0.717) is 22.9 Å². The first kappa shape index (κ1) is 22.2. The molecule has 25 heavy (non-hydrogen) atoms. The van der Waals surface area contributed by atoms with Crippen LogP contribution in [0.5, 0.6) is 0 Å². The average Bonchev–Trinajstić information content (AvgIpc) is 2.50. The van der Waals surface area contributed by atoms with Gasteiger partial charge in [-0.15, -0.1) is 0 Å². The molecule has 0 aromatic heterocycles. The lowest BCUT2D eigenvalue weighted by Gasteiger charge is -2.39. The summed E-state index contributed by atoms with van der Waals surface area (Å²) in [5.41, 5.74) is 2.18. The average molecular weight is 347 g/mol. The van der Waals surface area contributed by atoms with Gasteiger partial charge in [-0.3, -0.25) is 4.90 Å². The first-order valence-corrected chi connectivity index (χ1v) is 9.86. The van der Waals surface area contributed by atoms with Crippen LogP contribution < -0.4 is 0 Å². The predicted octanol–water partition coefficient (Wildman–Crippen LogP) is 5.85. The maximum atomic E-state index is 2.55. The zero-order valence-corrected chi connectivity index (χ0v) is 18.3. The fourth-order valence-electron chi connectivity index (χ4n) is 3.16. The van der Waals surface area contributed by atoms with Gasteiger partial charge in [0.05, 0.1) is 0 Å². The highest BCUT2D eigenvalue weighted by Crippen LogP contribution is 2.29. The molecule has 0 amide bonds. The first-order valence-electron chi connectivity index (χ1n) is 9.86. The second-order valence-electron chi connectivity index (χ2n) is 10.2. The Kier molecular flexibility index (Phi) is 8.15. The van der Waals surface area contributed by atoms with Crippen LogP contribution >= 0.6 is 0 Å². The number of benzene rings is 1. The van der Waals surface area contributed by atoms with Crippen molar-refractivity contribution in [3.8, 4) is 0 Å². The van der Waals surface area contributed by atoms with Crippen molar-refractivity contribution in [3.05, 3.63) is 35.9 Å². The molecule has 1 aromatic rings. The van der Waals surface area contributed by atoms with Crippen molar-refractivity contribution in [3.63, 3.8) is 0 Å². The second kappa shape index (κ2) is 9.19. The van der Waals surface area contributed by atoms with Crippen LogP contribution in [-0.4, -0.2) is 43.0 Å². The number of likely N-dealkylation sites (N-methyl/N-ethyl adjacent to an activating group) is 2. The highest BCUT2D eigenvalue weighted by Gasteiger charge is 2.27. The van der Waals surface area contributed by atoms with Crippen molar-refractivity contribution < 1.29 is 0 Å². The molecule has 0 fully saturated rings. The van der Waals surface area contributed by atoms with Crippen LogP contribution in [0.3, 0.4) is 0 Å². The smallest absolute Gasteiger partial charge is 0.0497 e. The van der Waals surface area contributed by atoms with E-state index < -0.39 is 0 Å². The monoisotopic (exact) mass is 346 g/mol. The Hall–Kier alpha value is -0.860. The molecule has 0 unspecified atom stereocenters. The third kappa shape index (κ3) is 8.37. The molecule has 0 aliphatic carbocycles. The lowest BCUT2D eigenvalue weighted by atomic mass is 9.90. The molecule has 2 nitrogen and oxygen atoms in total. The van der Waals surface area contributed by atoms with Gasteiger partial charge in [0.2, 0.25) is 0 Å². The molecule has 1 rings (SSSR count). The van der Waals surface area contributed by atoms with Crippen molar-refractivity contribution in [1.29, 1.82) is 0 Å². The van der Waals surface area contributed by atoms with E-state index in [1.54, 1.807) is 0 Å². The topological polar surface area (TPSA) is 6.48 Å². The molecule has 0 aliphatic rings. The predicted molar refractivity (Wildman–Crippen MR) is 112 cm³/mol. The van der Waals surface area contributed by atoms with E-state index in [9.17, 15) is 0 Å². The number of nitrogens with zero attached hydrogens (tertiary/aromatic N) is 2. The largest absolute Gasteiger partial charge is 0.302 e. The molecule has 2 heteroatoms.